The number of benzene rings is 2. The van der Waals surface area contributed by atoms with E-state index in [9.17, 15) is 12.8 Å². The normalized spacial score (nSPS) is 11.7. The maximum absolute atomic E-state index is 13.7. The van der Waals surface area contributed by atoms with Gasteiger partial charge in [0.1, 0.15) is 10.7 Å². The number of halogens is 1. The first-order valence-corrected chi connectivity index (χ1v) is 8.37. The zero-order valence-corrected chi connectivity index (χ0v) is 12.3. The van der Waals surface area contributed by atoms with Crippen LogP contribution in [0.15, 0.2) is 52.7 Å². The fourth-order valence-corrected chi connectivity index (χ4v) is 3.90. The van der Waals surface area contributed by atoms with Crippen molar-refractivity contribution in [3.05, 3.63) is 53.7 Å². The van der Waals surface area contributed by atoms with Gasteiger partial charge in [-0.25, -0.2) is 12.8 Å². The summed E-state index contributed by atoms with van der Waals surface area (Å²) in [5.41, 5.74) is 6.08. The Kier molecular flexibility index (Phi) is 3.30. The van der Waals surface area contributed by atoms with E-state index in [1.807, 2.05) is 17.5 Å². The molecule has 0 bridgehead atoms. The highest BCUT2D eigenvalue weighted by atomic mass is 32.2. The zero-order chi connectivity index (χ0) is 15.0. The zero-order valence-electron chi connectivity index (χ0n) is 10.7. The summed E-state index contributed by atoms with van der Waals surface area (Å²) in [5.74, 6) is -0.840. The van der Waals surface area contributed by atoms with Gasteiger partial charge in [0, 0.05) is 16.1 Å². The van der Waals surface area contributed by atoms with E-state index in [-0.39, 0.29) is 5.69 Å². The van der Waals surface area contributed by atoms with Crippen LogP contribution in [0.1, 0.15) is 0 Å². The summed E-state index contributed by atoms with van der Waals surface area (Å²) in [6.07, 6.45) is 0. The minimum atomic E-state index is -4.02. The summed E-state index contributed by atoms with van der Waals surface area (Å²) < 4.78 is 41.6. The summed E-state index contributed by atoms with van der Waals surface area (Å²) in [6.45, 7) is 0. The number of sulfonamides is 1. The van der Waals surface area contributed by atoms with Crippen molar-refractivity contribution in [2.45, 2.75) is 4.90 Å². The van der Waals surface area contributed by atoms with Gasteiger partial charge in [-0.15, -0.1) is 11.3 Å². The molecule has 2 aromatic carbocycles. The second-order valence-electron chi connectivity index (χ2n) is 4.47. The smallest absolute Gasteiger partial charge is 0.264 e. The SMILES string of the molecule is Nc1ccc(F)c(S(=O)(=O)Nc2ccc3sccc3c2)c1. The van der Waals surface area contributed by atoms with Crippen LogP contribution in [-0.2, 0) is 10.0 Å². The lowest BCUT2D eigenvalue weighted by Gasteiger charge is -2.09. The first-order chi connectivity index (χ1) is 9.95. The molecular weight excluding hydrogens is 311 g/mol. The van der Waals surface area contributed by atoms with Crippen molar-refractivity contribution in [1.82, 2.24) is 0 Å². The molecule has 21 heavy (non-hydrogen) atoms. The van der Waals surface area contributed by atoms with E-state index in [1.54, 1.807) is 23.5 Å². The molecule has 0 spiro atoms. The van der Waals surface area contributed by atoms with Crippen LogP contribution >= 0.6 is 11.3 Å². The quantitative estimate of drug-likeness (QED) is 0.726. The molecule has 0 aliphatic carbocycles. The van der Waals surface area contributed by atoms with Crippen molar-refractivity contribution in [3.63, 3.8) is 0 Å². The van der Waals surface area contributed by atoms with Crippen LogP contribution in [0.4, 0.5) is 15.8 Å². The maximum atomic E-state index is 13.7. The Morgan fingerprint density at radius 2 is 1.90 bits per heavy atom. The number of rotatable bonds is 3. The number of anilines is 2. The third-order valence-corrected chi connectivity index (χ3v) is 5.24. The number of thiophene rings is 1. The lowest BCUT2D eigenvalue weighted by atomic mass is 10.2. The molecule has 1 heterocycles. The Labute approximate surface area is 125 Å². The van der Waals surface area contributed by atoms with Crippen molar-refractivity contribution in [2.75, 3.05) is 10.5 Å². The van der Waals surface area contributed by atoms with Crippen LogP contribution in [0.3, 0.4) is 0 Å². The third kappa shape index (κ3) is 2.70. The molecule has 4 nitrogen and oxygen atoms in total. The van der Waals surface area contributed by atoms with Gasteiger partial charge in [0.15, 0.2) is 0 Å². The number of nitrogen functional groups attached to an aromatic ring is 1. The molecule has 0 saturated carbocycles. The highest BCUT2D eigenvalue weighted by Crippen LogP contribution is 2.26. The standard InChI is InChI=1S/C14H11FN2O2S2/c15-12-3-1-10(16)8-14(12)21(18,19)17-11-2-4-13-9(7-11)5-6-20-13/h1-8,17H,16H2. The highest BCUT2D eigenvalue weighted by Gasteiger charge is 2.19. The molecule has 0 aliphatic rings. The van der Waals surface area contributed by atoms with E-state index in [1.165, 1.54) is 6.07 Å². The molecule has 0 atom stereocenters. The van der Waals surface area contributed by atoms with E-state index >= 15 is 0 Å². The van der Waals surface area contributed by atoms with Crippen molar-refractivity contribution < 1.29 is 12.8 Å². The van der Waals surface area contributed by atoms with Crippen LogP contribution < -0.4 is 10.5 Å². The molecule has 1 aromatic heterocycles. The average molecular weight is 322 g/mol. The molecule has 0 radical (unpaired) electrons. The number of nitrogens with two attached hydrogens (primary N) is 1. The topological polar surface area (TPSA) is 72.2 Å². The van der Waals surface area contributed by atoms with Crippen LogP contribution in [0.2, 0.25) is 0 Å². The summed E-state index contributed by atoms with van der Waals surface area (Å²) in [5, 5.41) is 2.84. The molecule has 3 rings (SSSR count). The van der Waals surface area contributed by atoms with Gasteiger partial charge in [-0.3, -0.25) is 4.72 Å². The van der Waals surface area contributed by atoms with Crippen LogP contribution in [-0.4, -0.2) is 8.42 Å². The summed E-state index contributed by atoms with van der Waals surface area (Å²) >= 11 is 1.56. The fraction of sp³-hybridized carbons (Fsp3) is 0. The minimum Gasteiger partial charge on any atom is -0.399 e. The third-order valence-electron chi connectivity index (χ3n) is 2.95. The van der Waals surface area contributed by atoms with Crippen molar-refractivity contribution in [1.29, 1.82) is 0 Å². The number of nitrogens with one attached hydrogen (secondary N) is 1. The fourth-order valence-electron chi connectivity index (χ4n) is 1.97. The molecule has 0 fully saturated rings. The van der Waals surface area contributed by atoms with E-state index in [4.69, 9.17) is 5.73 Å². The van der Waals surface area contributed by atoms with Gasteiger partial charge in [-0.1, -0.05) is 0 Å². The predicted octanol–water partition coefficient (Wildman–Crippen LogP) is 3.42. The summed E-state index contributed by atoms with van der Waals surface area (Å²) in [4.78, 5) is -0.465. The lowest BCUT2D eigenvalue weighted by Crippen LogP contribution is -2.14. The average Bonchev–Trinajstić information content (AvgIpc) is 2.88. The second-order valence-corrected chi connectivity index (χ2v) is 7.07. The molecule has 7 heteroatoms. The van der Waals surface area contributed by atoms with Crippen LogP contribution in [0, 0.1) is 5.82 Å². The first kappa shape index (κ1) is 13.8. The number of fused-ring (bicyclic) bond motifs is 1. The van der Waals surface area contributed by atoms with Gasteiger partial charge in [0.2, 0.25) is 0 Å². The second kappa shape index (κ2) is 5.01. The minimum absolute atomic E-state index is 0.185. The van der Waals surface area contributed by atoms with E-state index in [0.29, 0.717) is 5.69 Å². The monoisotopic (exact) mass is 322 g/mol. The molecule has 0 unspecified atom stereocenters. The highest BCUT2D eigenvalue weighted by molar-refractivity contribution is 7.92. The summed E-state index contributed by atoms with van der Waals surface area (Å²) in [6, 6.07) is 10.5. The van der Waals surface area contributed by atoms with Gasteiger partial charge in [-0.05, 0) is 53.2 Å². The van der Waals surface area contributed by atoms with E-state index in [0.717, 1.165) is 22.2 Å². The van der Waals surface area contributed by atoms with E-state index in [2.05, 4.69) is 4.72 Å². The Morgan fingerprint density at radius 3 is 2.71 bits per heavy atom. The first-order valence-electron chi connectivity index (χ1n) is 6.01. The molecule has 0 aliphatic heterocycles. The van der Waals surface area contributed by atoms with Gasteiger partial charge in [-0.2, -0.15) is 0 Å². The summed E-state index contributed by atoms with van der Waals surface area (Å²) in [7, 11) is -4.02. The van der Waals surface area contributed by atoms with Crippen LogP contribution in [0.5, 0.6) is 0 Å². The van der Waals surface area contributed by atoms with Gasteiger partial charge < -0.3 is 5.73 Å². The number of hydrogen-bond donors (Lipinski definition) is 2. The Bertz CT molecular complexity index is 920. The molecule has 0 saturated heterocycles. The van der Waals surface area contributed by atoms with Crippen LogP contribution in [0.25, 0.3) is 10.1 Å². The van der Waals surface area contributed by atoms with Crippen molar-refractivity contribution in [2.24, 2.45) is 0 Å². The van der Waals surface area contributed by atoms with Gasteiger partial charge in [0.05, 0.1) is 0 Å². The van der Waals surface area contributed by atoms with Gasteiger partial charge in [0.25, 0.3) is 10.0 Å². The van der Waals surface area contributed by atoms with Gasteiger partial charge >= 0.3 is 0 Å². The van der Waals surface area contributed by atoms with E-state index < -0.39 is 20.7 Å². The van der Waals surface area contributed by atoms with Crippen molar-refractivity contribution >= 4 is 42.8 Å². The largest absolute Gasteiger partial charge is 0.399 e. The molecule has 108 valence electrons. The van der Waals surface area contributed by atoms with Crippen molar-refractivity contribution in [3.8, 4) is 0 Å². The Morgan fingerprint density at radius 1 is 1.10 bits per heavy atom. The maximum Gasteiger partial charge on any atom is 0.264 e. The molecule has 3 aromatic rings. The Balaban J connectivity index is 2.00. The lowest BCUT2D eigenvalue weighted by molar-refractivity contribution is 0.570. The molecule has 0 amide bonds. The predicted molar refractivity (Wildman–Crippen MR) is 83.4 cm³/mol. The Hall–Kier alpha value is -2.12. The number of hydrogen-bond acceptors (Lipinski definition) is 4. The molecule has 3 N–H and O–H groups in total. The molecular formula is C14H11FN2O2S2.